The smallest absolute Gasteiger partial charge is 0.404 e. The lowest BCUT2D eigenvalue weighted by molar-refractivity contribution is -0.348. The van der Waals surface area contributed by atoms with Crippen LogP contribution in [0.2, 0.25) is 0 Å². The summed E-state index contributed by atoms with van der Waals surface area (Å²) in [6.45, 7) is 0. The second-order valence-corrected chi connectivity index (χ2v) is 7.05. The minimum Gasteiger partial charge on any atom is -0.404 e. The zero-order chi connectivity index (χ0) is 25.6. The van der Waals surface area contributed by atoms with E-state index in [1.54, 1.807) is 5.32 Å². The molecule has 2 rings (SSSR count). The lowest BCUT2D eigenvalue weighted by Crippen LogP contribution is -2.50. The summed E-state index contributed by atoms with van der Waals surface area (Å²) in [7, 11) is 0. The summed E-state index contributed by atoms with van der Waals surface area (Å²) in [6.07, 6.45) is -19.0. The fraction of sp³-hybridized carbons (Fsp3) is 0.235. The number of alkyl halides is 10. The first-order chi connectivity index (χ1) is 14.8. The van der Waals surface area contributed by atoms with Crippen LogP contribution < -0.4 is 15.8 Å². The van der Waals surface area contributed by atoms with Crippen LogP contribution in [0.25, 0.3) is 0 Å². The van der Waals surface area contributed by atoms with Gasteiger partial charge in [0.1, 0.15) is 0 Å². The molecule has 33 heavy (non-hydrogen) atoms. The number of nitrogens with one attached hydrogen (secondary N) is 1. The van der Waals surface area contributed by atoms with Crippen molar-refractivity contribution >= 4 is 33.2 Å². The third kappa shape index (κ3) is 5.25. The molecule has 0 heterocycles. The predicted molar refractivity (Wildman–Crippen MR) is 94.5 cm³/mol. The molecule has 0 atom stereocenters. The third-order valence-corrected chi connectivity index (χ3v) is 4.60. The molecular weight excluding hydrogens is 553 g/mol. The largest absolute Gasteiger partial charge is 0.573 e. The van der Waals surface area contributed by atoms with E-state index >= 15 is 0 Å². The molecule has 2 aromatic rings. The number of ether oxygens (including phenoxy) is 1. The van der Waals surface area contributed by atoms with Crippen molar-refractivity contribution in [1.29, 1.82) is 0 Å². The maximum absolute atomic E-state index is 14.3. The number of benzene rings is 2. The van der Waals surface area contributed by atoms with Crippen molar-refractivity contribution in [2.75, 3.05) is 11.1 Å². The second-order valence-electron chi connectivity index (χ2n) is 6.20. The summed E-state index contributed by atoms with van der Waals surface area (Å²) in [4.78, 5) is 12.3. The average Bonchev–Trinajstić information content (AvgIpc) is 2.62. The summed E-state index contributed by atoms with van der Waals surface area (Å²) >= 11 is 2.38. The summed E-state index contributed by atoms with van der Waals surface area (Å²) in [6, 6.07) is 2.22. The quantitative estimate of drug-likeness (QED) is 0.327. The Kier molecular flexibility index (Phi) is 6.85. The van der Waals surface area contributed by atoms with Crippen LogP contribution >= 0.6 is 15.9 Å². The van der Waals surface area contributed by atoms with Gasteiger partial charge in [-0.3, -0.25) is 4.79 Å². The molecule has 0 aliphatic heterocycles. The Morgan fingerprint density at radius 2 is 1.48 bits per heavy atom. The van der Waals surface area contributed by atoms with E-state index in [1.807, 2.05) is 0 Å². The molecule has 3 N–H and O–H groups in total. The van der Waals surface area contributed by atoms with Gasteiger partial charge in [-0.15, -0.1) is 13.2 Å². The highest BCUT2D eigenvalue weighted by molar-refractivity contribution is 9.10. The molecule has 2 aromatic carbocycles. The Bertz CT molecular complexity index is 1050. The molecule has 0 aromatic heterocycles. The number of carbonyl (C=O) groups excluding carboxylic acids is 1. The van der Waals surface area contributed by atoms with Gasteiger partial charge >= 0.3 is 24.4 Å². The highest BCUT2D eigenvalue weighted by atomic mass is 79.9. The molecule has 0 aliphatic rings. The van der Waals surface area contributed by atoms with Gasteiger partial charge in [-0.1, -0.05) is 6.07 Å². The zero-order valence-corrected chi connectivity index (χ0v) is 16.9. The van der Waals surface area contributed by atoms with Crippen molar-refractivity contribution in [3.05, 3.63) is 51.7 Å². The van der Waals surface area contributed by atoms with Crippen LogP contribution in [-0.4, -0.2) is 24.6 Å². The Hall–Kier alpha value is -2.78. The highest BCUT2D eigenvalue weighted by Gasteiger charge is 2.73. The number of rotatable bonds is 4. The van der Waals surface area contributed by atoms with Gasteiger partial charge in [0.15, 0.2) is 11.6 Å². The van der Waals surface area contributed by atoms with Crippen molar-refractivity contribution < 1.29 is 57.8 Å². The Balaban J connectivity index is 2.70. The molecule has 0 fully saturated rings. The fourth-order valence-electron chi connectivity index (χ4n) is 2.50. The Labute approximate surface area is 184 Å². The molecule has 16 heteroatoms. The number of nitrogens with two attached hydrogens (primary N) is 1. The van der Waals surface area contributed by atoms with E-state index in [-0.39, 0.29) is 6.07 Å². The van der Waals surface area contributed by atoms with E-state index in [9.17, 15) is 53.1 Å². The van der Waals surface area contributed by atoms with E-state index in [2.05, 4.69) is 20.7 Å². The highest BCUT2D eigenvalue weighted by Crippen LogP contribution is 2.55. The number of carbonyl (C=O) groups is 1. The number of hydrogen-bond acceptors (Lipinski definition) is 3. The first kappa shape index (κ1) is 26.5. The van der Waals surface area contributed by atoms with Crippen molar-refractivity contribution in [1.82, 2.24) is 0 Å². The summed E-state index contributed by atoms with van der Waals surface area (Å²) in [5, 5.41) is 1.65. The summed E-state index contributed by atoms with van der Waals surface area (Å²) in [5.74, 6) is -4.67. The van der Waals surface area contributed by atoms with Crippen LogP contribution in [0.3, 0.4) is 0 Å². The second kappa shape index (κ2) is 8.53. The molecule has 1 amide bonds. The van der Waals surface area contributed by atoms with E-state index in [0.29, 0.717) is 0 Å². The maximum Gasteiger partial charge on any atom is 0.573 e. The van der Waals surface area contributed by atoms with Crippen LogP contribution in [0.1, 0.15) is 15.9 Å². The maximum atomic E-state index is 14.3. The molecule has 4 nitrogen and oxygen atoms in total. The minimum absolute atomic E-state index is 0.157. The molecule has 0 radical (unpaired) electrons. The van der Waals surface area contributed by atoms with Gasteiger partial charge in [-0.05, 0) is 40.2 Å². The molecule has 0 saturated carbocycles. The first-order valence-electron chi connectivity index (χ1n) is 8.07. The molecule has 182 valence electrons. The van der Waals surface area contributed by atoms with Crippen LogP contribution in [0.5, 0.6) is 5.75 Å². The van der Waals surface area contributed by atoms with Crippen LogP contribution in [0, 0.1) is 5.82 Å². The predicted octanol–water partition coefficient (Wildman–Crippen LogP) is 6.61. The van der Waals surface area contributed by atoms with Crippen LogP contribution in [0.4, 0.5) is 59.7 Å². The van der Waals surface area contributed by atoms with Crippen molar-refractivity contribution in [2.24, 2.45) is 0 Å². The zero-order valence-electron chi connectivity index (χ0n) is 15.3. The number of nitrogen functional groups attached to an aromatic ring is 1. The van der Waals surface area contributed by atoms with Gasteiger partial charge < -0.3 is 15.8 Å². The minimum atomic E-state index is -6.64. The number of anilines is 2. The summed E-state index contributed by atoms with van der Waals surface area (Å²) < 4.78 is 147. The average molecular weight is 561 g/mol. The van der Waals surface area contributed by atoms with Gasteiger partial charge in [-0.2, -0.15) is 26.3 Å². The van der Waals surface area contributed by atoms with Gasteiger partial charge in [0.05, 0.1) is 16.9 Å². The Morgan fingerprint density at radius 3 is 1.97 bits per heavy atom. The van der Waals surface area contributed by atoms with Gasteiger partial charge in [-0.25, -0.2) is 8.78 Å². The Morgan fingerprint density at radius 1 is 0.939 bits per heavy atom. The third-order valence-electron chi connectivity index (χ3n) is 3.97. The molecule has 0 unspecified atom stereocenters. The van der Waals surface area contributed by atoms with Crippen LogP contribution in [-0.2, 0) is 5.67 Å². The fourth-order valence-corrected chi connectivity index (χ4v) is 3.04. The number of halogens is 12. The molecular formula is C17H8BrF11N2O2. The number of hydrogen-bond donors (Lipinski definition) is 2. The SMILES string of the molecule is Nc1cccc(C(=O)Nc2c(Br)cc(C(F)(C(F)(F)F)C(F)(F)F)cc2OC(F)(F)F)c1F. The van der Waals surface area contributed by atoms with Crippen LogP contribution in [0.15, 0.2) is 34.8 Å². The van der Waals surface area contributed by atoms with Gasteiger partial charge in [0.25, 0.3) is 5.91 Å². The molecule has 0 aliphatic carbocycles. The molecule has 0 saturated heterocycles. The number of amides is 1. The lowest BCUT2D eigenvalue weighted by Gasteiger charge is -2.31. The van der Waals surface area contributed by atoms with E-state index in [4.69, 9.17) is 5.73 Å². The van der Waals surface area contributed by atoms with Crippen molar-refractivity contribution in [3.63, 3.8) is 0 Å². The van der Waals surface area contributed by atoms with E-state index in [0.717, 1.165) is 18.2 Å². The van der Waals surface area contributed by atoms with E-state index < -0.39 is 74.9 Å². The standard InChI is InChI=1S/C17H8BrF11N2O2/c18-8-4-6(14(20,15(21,22)23)16(24,25)26)5-10(33-17(27,28)29)12(8)31-13(32)7-2-1-3-9(30)11(7)19/h1-5H,30H2,(H,31,32). The summed E-state index contributed by atoms with van der Waals surface area (Å²) in [5.41, 5.74) is -5.75. The van der Waals surface area contributed by atoms with Gasteiger partial charge in [0, 0.05) is 10.0 Å². The topological polar surface area (TPSA) is 64.4 Å². The normalized spacial score (nSPS) is 13.1. The van der Waals surface area contributed by atoms with Gasteiger partial charge in [0.2, 0.25) is 0 Å². The van der Waals surface area contributed by atoms with Crippen molar-refractivity contribution in [2.45, 2.75) is 24.4 Å². The molecule has 0 spiro atoms. The molecule has 0 bridgehead atoms. The van der Waals surface area contributed by atoms with E-state index in [1.165, 1.54) is 0 Å². The monoisotopic (exact) mass is 560 g/mol. The first-order valence-corrected chi connectivity index (χ1v) is 8.86. The lowest BCUT2D eigenvalue weighted by atomic mass is 9.93. The van der Waals surface area contributed by atoms with Crippen molar-refractivity contribution in [3.8, 4) is 5.75 Å².